The van der Waals surface area contributed by atoms with Gasteiger partial charge in [0.1, 0.15) is 11.3 Å². The molecule has 1 aromatic carbocycles. The van der Waals surface area contributed by atoms with Crippen LogP contribution in [-0.4, -0.2) is 28.6 Å². The van der Waals surface area contributed by atoms with Crippen LogP contribution < -0.4 is 0 Å². The summed E-state index contributed by atoms with van der Waals surface area (Å²) in [6.07, 6.45) is 0. The Morgan fingerprint density at radius 1 is 1.21 bits per heavy atom. The number of carbonyl (C=O) groups excluding carboxylic acids is 2. The Morgan fingerprint density at radius 3 is 2.37 bits per heavy atom. The summed E-state index contributed by atoms with van der Waals surface area (Å²) in [6, 6.07) is 9.31. The Hall–Kier alpha value is -2.43. The molecule has 0 radical (unpaired) electrons. The molecule has 0 amide bonds. The van der Waals surface area contributed by atoms with E-state index in [1.165, 1.54) is 14.0 Å². The monoisotopic (exact) mass is 258 g/mol. The third kappa shape index (κ3) is 2.27. The third-order valence-corrected chi connectivity index (χ3v) is 2.84. The van der Waals surface area contributed by atoms with E-state index in [9.17, 15) is 9.59 Å². The molecule has 5 nitrogen and oxygen atoms in total. The van der Waals surface area contributed by atoms with Crippen LogP contribution in [0, 0.1) is 6.92 Å². The van der Waals surface area contributed by atoms with Crippen molar-refractivity contribution in [2.75, 3.05) is 7.11 Å². The smallest absolute Gasteiger partial charge is 0.342 e. The molecule has 98 valence electrons. The van der Waals surface area contributed by atoms with E-state index in [1.54, 1.807) is 11.6 Å². The standard InChI is InChI=1S/C14H14N2O3/c1-9-12(14(18)19-3)13(10(2)17)15-16(9)11-7-5-4-6-8-11/h4-8H,1-3H3. The van der Waals surface area contributed by atoms with Crippen molar-refractivity contribution in [2.24, 2.45) is 0 Å². The molecule has 0 saturated heterocycles. The molecule has 0 aliphatic rings. The van der Waals surface area contributed by atoms with Crippen molar-refractivity contribution in [1.82, 2.24) is 9.78 Å². The van der Waals surface area contributed by atoms with Crippen molar-refractivity contribution in [3.63, 3.8) is 0 Å². The van der Waals surface area contributed by atoms with Crippen LogP contribution in [0.3, 0.4) is 0 Å². The number of hydrogen-bond donors (Lipinski definition) is 0. The zero-order chi connectivity index (χ0) is 14.0. The molecule has 0 saturated carbocycles. The predicted molar refractivity (Wildman–Crippen MR) is 69.6 cm³/mol. The number of hydrogen-bond acceptors (Lipinski definition) is 4. The summed E-state index contributed by atoms with van der Waals surface area (Å²) in [5, 5.41) is 4.21. The fourth-order valence-electron chi connectivity index (χ4n) is 1.92. The van der Waals surface area contributed by atoms with Crippen LogP contribution in [0.2, 0.25) is 0 Å². The molecule has 2 rings (SSSR count). The highest BCUT2D eigenvalue weighted by Crippen LogP contribution is 2.19. The third-order valence-electron chi connectivity index (χ3n) is 2.84. The molecule has 0 N–H and O–H groups in total. The minimum Gasteiger partial charge on any atom is -0.465 e. The van der Waals surface area contributed by atoms with Crippen molar-refractivity contribution < 1.29 is 14.3 Å². The van der Waals surface area contributed by atoms with Gasteiger partial charge in [0, 0.05) is 6.92 Å². The summed E-state index contributed by atoms with van der Waals surface area (Å²) in [6.45, 7) is 3.11. The van der Waals surface area contributed by atoms with Gasteiger partial charge >= 0.3 is 5.97 Å². The Balaban J connectivity index is 2.66. The first-order valence-electron chi connectivity index (χ1n) is 5.80. The molecule has 1 aromatic heterocycles. The normalized spacial score (nSPS) is 10.3. The van der Waals surface area contributed by atoms with Gasteiger partial charge in [0.2, 0.25) is 0 Å². The number of methoxy groups -OCH3 is 1. The maximum atomic E-state index is 11.8. The second-order valence-corrected chi connectivity index (χ2v) is 4.10. The fourth-order valence-corrected chi connectivity index (χ4v) is 1.92. The largest absolute Gasteiger partial charge is 0.465 e. The first-order chi connectivity index (χ1) is 9.06. The lowest BCUT2D eigenvalue weighted by atomic mass is 10.1. The molecule has 5 heteroatoms. The molecular formula is C14H14N2O3. The topological polar surface area (TPSA) is 61.2 Å². The number of benzene rings is 1. The molecule has 0 fully saturated rings. The van der Waals surface area contributed by atoms with Gasteiger partial charge < -0.3 is 4.74 Å². The molecule has 0 unspecified atom stereocenters. The lowest BCUT2D eigenvalue weighted by Gasteiger charge is -2.04. The van der Waals surface area contributed by atoms with E-state index in [1.807, 2.05) is 30.3 Å². The van der Waals surface area contributed by atoms with Crippen LogP contribution in [0.25, 0.3) is 5.69 Å². The Bertz CT molecular complexity index is 630. The van der Waals surface area contributed by atoms with Gasteiger partial charge in [-0.3, -0.25) is 4.79 Å². The van der Waals surface area contributed by atoms with Crippen molar-refractivity contribution in [2.45, 2.75) is 13.8 Å². The number of nitrogens with zero attached hydrogens (tertiary/aromatic N) is 2. The summed E-state index contributed by atoms with van der Waals surface area (Å²) in [4.78, 5) is 23.4. The Morgan fingerprint density at radius 2 is 1.84 bits per heavy atom. The summed E-state index contributed by atoms with van der Waals surface area (Å²) >= 11 is 0. The molecule has 0 aliphatic heterocycles. The second kappa shape index (κ2) is 5.06. The highest BCUT2D eigenvalue weighted by atomic mass is 16.5. The van der Waals surface area contributed by atoms with Crippen LogP contribution in [0.5, 0.6) is 0 Å². The maximum absolute atomic E-state index is 11.8. The van der Waals surface area contributed by atoms with Crippen molar-refractivity contribution in [3.05, 3.63) is 47.3 Å². The number of carbonyl (C=O) groups is 2. The molecule has 0 aliphatic carbocycles. The first-order valence-corrected chi connectivity index (χ1v) is 5.80. The highest BCUT2D eigenvalue weighted by Gasteiger charge is 2.24. The van der Waals surface area contributed by atoms with E-state index in [4.69, 9.17) is 4.74 Å². The zero-order valence-electron chi connectivity index (χ0n) is 11.0. The van der Waals surface area contributed by atoms with Crippen molar-refractivity contribution >= 4 is 11.8 Å². The van der Waals surface area contributed by atoms with Gasteiger partial charge in [-0.05, 0) is 19.1 Å². The van der Waals surface area contributed by atoms with Gasteiger partial charge in [-0.2, -0.15) is 5.10 Å². The van der Waals surface area contributed by atoms with Crippen LogP contribution in [0.1, 0.15) is 33.5 Å². The quantitative estimate of drug-likeness (QED) is 0.625. The van der Waals surface area contributed by atoms with Crippen LogP contribution in [0.15, 0.2) is 30.3 Å². The highest BCUT2D eigenvalue weighted by molar-refractivity contribution is 6.04. The van der Waals surface area contributed by atoms with Gasteiger partial charge in [-0.15, -0.1) is 0 Å². The molecular weight excluding hydrogens is 244 g/mol. The summed E-state index contributed by atoms with van der Waals surface area (Å²) in [5.41, 5.74) is 1.73. The van der Waals surface area contributed by atoms with E-state index in [0.29, 0.717) is 5.69 Å². The van der Waals surface area contributed by atoms with E-state index in [-0.39, 0.29) is 17.0 Å². The van der Waals surface area contributed by atoms with Crippen LogP contribution >= 0.6 is 0 Å². The summed E-state index contributed by atoms with van der Waals surface area (Å²) < 4.78 is 6.29. The number of ether oxygens (including phenoxy) is 1. The van der Waals surface area contributed by atoms with Gasteiger partial charge in [-0.1, -0.05) is 18.2 Å². The summed E-state index contributed by atoms with van der Waals surface area (Å²) in [7, 11) is 1.28. The Kier molecular flexibility index (Phi) is 3.46. The van der Waals surface area contributed by atoms with Crippen molar-refractivity contribution in [3.8, 4) is 5.69 Å². The molecule has 19 heavy (non-hydrogen) atoms. The van der Waals surface area contributed by atoms with E-state index < -0.39 is 5.97 Å². The minimum absolute atomic E-state index is 0.133. The molecule has 0 bridgehead atoms. The van der Waals surface area contributed by atoms with Crippen LogP contribution in [-0.2, 0) is 4.74 Å². The zero-order valence-corrected chi connectivity index (χ0v) is 11.0. The van der Waals surface area contributed by atoms with E-state index in [2.05, 4.69) is 5.10 Å². The number of aromatic nitrogens is 2. The second-order valence-electron chi connectivity index (χ2n) is 4.10. The van der Waals surface area contributed by atoms with Crippen molar-refractivity contribution in [1.29, 1.82) is 0 Å². The SMILES string of the molecule is COC(=O)c1c(C(C)=O)nn(-c2ccccc2)c1C. The van der Waals surface area contributed by atoms with Gasteiger partial charge in [0.05, 0.1) is 18.5 Å². The van der Waals surface area contributed by atoms with E-state index >= 15 is 0 Å². The number of esters is 1. The predicted octanol–water partition coefficient (Wildman–Crippen LogP) is 2.17. The number of ketones is 1. The number of Topliss-reactive ketones (excluding diaryl/α,β-unsaturated/α-hetero) is 1. The lowest BCUT2D eigenvalue weighted by molar-refractivity contribution is 0.0596. The number of para-hydroxylation sites is 1. The average Bonchev–Trinajstić information content (AvgIpc) is 2.77. The number of rotatable bonds is 3. The van der Waals surface area contributed by atoms with Gasteiger partial charge in [-0.25, -0.2) is 9.48 Å². The molecule has 1 heterocycles. The summed E-state index contributed by atoms with van der Waals surface area (Å²) in [5.74, 6) is -0.817. The average molecular weight is 258 g/mol. The fraction of sp³-hybridized carbons (Fsp3) is 0.214. The van der Waals surface area contributed by atoms with E-state index in [0.717, 1.165) is 5.69 Å². The lowest BCUT2D eigenvalue weighted by Crippen LogP contribution is -2.08. The van der Waals surface area contributed by atoms with Gasteiger partial charge in [0.15, 0.2) is 5.78 Å². The van der Waals surface area contributed by atoms with Crippen LogP contribution in [0.4, 0.5) is 0 Å². The molecule has 2 aromatic rings. The first kappa shape index (κ1) is 13.0. The molecule has 0 atom stereocenters. The Labute approximate surface area is 110 Å². The maximum Gasteiger partial charge on any atom is 0.342 e. The molecule has 0 spiro atoms. The minimum atomic E-state index is -0.551. The van der Waals surface area contributed by atoms with Gasteiger partial charge in [0.25, 0.3) is 0 Å².